The zero-order valence-corrected chi connectivity index (χ0v) is 19.4. The molecule has 1 amide bonds. The quantitative estimate of drug-likeness (QED) is 0.434. The lowest BCUT2D eigenvalue weighted by atomic mass is 9.93. The van der Waals surface area contributed by atoms with Crippen LogP contribution < -0.4 is 11.2 Å². The zero-order chi connectivity index (χ0) is 23.2. The summed E-state index contributed by atoms with van der Waals surface area (Å²) in [5.41, 5.74) is 1.21. The summed E-state index contributed by atoms with van der Waals surface area (Å²) in [6.45, 7) is 4.21. The van der Waals surface area contributed by atoms with E-state index in [-0.39, 0.29) is 16.9 Å². The highest BCUT2D eigenvalue weighted by Crippen LogP contribution is 2.39. The molecule has 1 aromatic carbocycles. The second kappa shape index (κ2) is 8.33. The molecule has 0 saturated heterocycles. The van der Waals surface area contributed by atoms with E-state index in [1.807, 2.05) is 44.2 Å². The molecule has 0 fully saturated rings. The molecule has 32 heavy (non-hydrogen) atoms. The van der Waals surface area contributed by atoms with Crippen LogP contribution in [0.25, 0.3) is 21.1 Å². The van der Waals surface area contributed by atoms with Crippen molar-refractivity contribution in [3.8, 4) is 0 Å². The minimum absolute atomic E-state index is 0.227. The molecule has 0 saturated carbocycles. The zero-order valence-electron chi connectivity index (χ0n) is 18.6. The summed E-state index contributed by atoms with van der Waals surface area (Å²) < 4.78 is 2.59. The number of rotatable bonds is 5. The van der Waals surface area contributed by atoms with Crippen molar-refractivity contribution in [2.45, 2.75) is 26.3 Å². The summed E-state index contributed by atoms with van der Waals surface area (Å²) in [6, 6.07) is 9.73. The van der Waals surface area contributed by atoms with Crippen molar-refractivity contribution < 1.29 is 9.63 Å². The van der Waals surface area contributed by atoms with Gasteiger partial charge in [-0.25, -0.2) is 9.86 Å². The fraction of sp³-hybridized carbons (Fsp3) is 0.304. The fourth-order valence-electron chi connectivity index (χ4n) is 4.02. The van der Waals surface area contributed by atoms with E-state index in [1.165, 1.54) is 37.1 Å². The first-order valence-electron chi connectivity index (χ1n) is 10.2. The number of thiophene rings is 1. The van der Waals surface area contributed by atoms with Gasteiger partial charge < -0.3 is 0 Å². The van der Waals surface area contributed by atoms with Gasteiger partial charge in [-0.3, -0.25) is 28.5 Å². The largest absolute Gasteiger partial charge is 0.331 e. The first-order chi connectivity index (χ1) is 15.3. The lowest BCUT2D eigenvalue weighted by molar-refractivity contribution is -0.0756. The molecule has 3 heterocycles. The third kappa shape index (κ3) is 3.25. The van der Waals surface area contributed by atoms with Crippen molar-refractivity contribution in [1.29, 1.82) is 0 Å². The highest BCUT2D eigenvalue weighted by molar-refractivity contribution is 7.19. The molecule has 166 valence electrons. The van der Waals surface area contributed by atoms with Crippen LogP contribution >= 0.6 is 11.3 Å². The molecule has 0 radical (unpaired) electrons. The lowest BCUT2D eigenvalue weighted by Gasteiger charge is -2.18. The van der Waals surface area contributed by atoms with Crippen LogP contribution in [-0.4, -0.2) is 39.2 Å². The van der Waals surface area contributed by atoms with Crippen molar-refractivity contribution in [1.82, 2.24) is 19.2 Å². The highest BCUT2D eigenvalue weighted by Gasteiger charge is 2.30. The summed E-state index contributed by atoms with van der Waals surface area (Å²) in [7, 11) is 4.33. The molecule has 4 aromatic rings. The Hall–Kier alpha value is -3.30. The van der Waals surface area contributed by atoms with Gasteiger partial charge in [-0.2, -0.15) is 0 Å². The number of benzene rings is 1. The first kappa shape index (κ1) is 21.9. The number of nitrogens with zero attached hydrogens (tertiary/aromatic N) is 4. The Kier molecular flexibility index (Phi) is 5.70. The van der Waals surface area contributed by atoms with Gasteiger partial charge in [-0.15, -0.1) is 11.3 Å². The van der Waals surface area contributed by atoms with Gasteiger partial charge in [0.05, 0.1) is 23.6 Å². The highest BCUT2D eigenvalue weighted by atomic mass is 32.1. The van der Waals surface area contributed by atoms with Gasteiger partial charge in [0.2, 0.25) is 0 Å². The van der Waals surface area contributed by atoms with Crippen molar-refractivity contribution in [3.05, 3.63) is 73.4 Å². The molecule has 9 heteroatoms. The molecule has 0 bridgehead atoms. The van der Waals surface area contributed by atoms with Gasteiger partial charge >= 0.3 is 5.69 Å². The number of fused-ring (bicyclic) bond motifs is 2. The third-order valence-electron chi connectivity index (χ3n) is 5.83. The van der Waals surface area contributed by atoms with E-state index in [1.54, 1.807) is 6.20 Å². The monoisotopic (exact) mass is 452 g/mol. The van der Waals surface area contributed by atoms with E-state index >= 15 is 0 Å². The molecule has 1 atom stereocenters. The SMILES string of the molecule is CCn1c(=O)n(C)c(=O)c2c(C(=O)N(C)OC)c(C(C)c3ccnc4ccccc34)sc21. The van der Waals surface area contributed by atoms with Crippen molar-refractivity contribution in [2.24, 2.45) is 7.05 Å². The molecule has 4 rings (SSSR count). The molecule has 8 nitrogen and oxygen atoms in total. The van der Waals surface area contributed by atoms with Gasteiger partial charge in [0.25, 0.3) is 11.5 Å². The number of pyridine rings is 1. The average molecular weight is 453 g/mol. The van der Waals surface area contributed by atoms with Crippen molar-refractivity contribution >= 4 is 38.4 Å². The van der Waals surface area contributed by atoms with Crippen LogP contribution in [0.3, 0.4) is 0 Å². The predicted octanol–water partition coefficient (Wildman–Crippen LogP) is 3.12. The van der Waals surface area contributed by atoms with Crippen LogP contribution in [0.2, 0.25) is 0 Å². The van der Waals surface area contributed by atoms with Crippen molar-refractivity contribution in [3.63, 3.8) is 0 Å². The summed E-state index contributed by atoms with van der Waals surface area (Å²) in [6.07, 6.45) is 1.74. The topological polar surface area (TPSA) is 86.4 Å². The second-order valence-corrected chi connectivity index (χ2v) is 8.57. The molecule has 0 aliphatic carbocycles. The Morgan fingerprint density at radius 1 is 1.25 bits per heavy atom. The van der Waals surface area contributed by atoms with Crippen LogP contribution in [0, 0.1) is 0 Å². The smallest absolute Gasteiger partial charge is 0.285 e. The number of aryl methyl sites for hydroxylation is 1. The van der Waals surface area contributed by atoms with Gasteiger partial charge in [-0.1, -0.05) is 25.1 Å². The molecular weight excluding hydrogens is 428 g/mol. The Balaban J connectivity index is 2.11. The third-order valence-corrected chi connectivity index (χ3v) is 7.23. The van der Waals surface area contributed by atoms with Gasteiger partial charge in [0.15, 0.2) is 0 Å². The van der Waals surface area contributed by atoms with E-state index in [4.69, 9.17) is 4.84 Å². The molecular formula is C23H24N4O4S. The van der Waals surface area contributed by atoms with Crippen LogP contribution in [0.5, 0.6) is 0 Å². The predicted molar refractivity (Wildman–Crippen MR) is 125 cm³/mol. The Labute approximate surface area is 188 Å². The van der Waals surface area contributed by atoms with E-state index in [0.717, 1.165) is 26.1 Å². The number of carbonyl (C=O) groups is 1. The Morgan fingerprint density at radius 2 is 1.97 bits per heavy atom. The number of hydrogen-bond acceptors (Lipinski definition) is 6. The van der Waals surface area contributed by atoms with Gasteiger partial charge in [-0.05, 0) is 24.6 Å². The maximum absolute atomic E-state index is 13.4. The Morgan fingerprint density at radius 3 is 2.66 bits per heavy atom. The minimum atomic E-state index is -0.489. The van der Waals surface area contributed by atoms with E-state index in [2.05, 4.69) is 4.98 Å². The molecule has 0 aliphatic heterocycles. The summed E-state index contributed by atoms with van der Waals surface area (Å²) in [5.74, 6) is -0.660. The maximum Gasteiger partial charge on any atom is 0.331 e. The first-order valence-corrected chi connectivity index (χ1v) is 11.0. The molecule has 0 spiro atoms. The normalized spacial score (nSPS) is 12.4. The maximum atomic E-state index is 13.4. The molecule has 0 N–H and O–H groups in total. The minimum Gasteiger partial charge on any atom is -0.285 e. The van der Waals surface area contributed by atoms with E-state index in [9.17, 15) is 14.4 Å². The number of para-hydroxylation sites is 1. The number of hydroxylamine groups is 2. The Bertz CT molecular complexity index is 1460. The average Bonchev–Trinajstić information content (AvgIpc) is 3.21. The van der Waals surface area contributed by atoms with Crippen LogP contribution in [-0.2, 0) is 18.4 Å². The molecule has 1 unspecified atom stereocenters. The van der Waals surface area contributed by atoms with Crippen molar-refractivity contribution in [2.75, 3.05) is 14.2 Å². The van der Waals surface area contributed by atoms with E-state index < -0.39 is 17.2 Å². The van der Waals surface area contributed by atoms with Crippen LogP contribution in [0.1, 0.15) is 40.6 Å². The van der Waals surface area contributed by atoms with Gasteiger partial charge in [0.1, 0.15) is 4.83 Å². The summed E-state index contributed by atoms with van der Waals surface area (Å²) in [4.78, 5) is 50.1. The standard InChI is InChI=1S/C23H24N4O4S/c1-6-27-22-18(20(28)25(3)23(27)30)17(21(29)26(4)31-5)19(32-22)13(2)14-11-12-24-16-10-8-7-9-15(14)16/h7-13H,6H2,1-5H3. The number of hydrogen-bond donors (Lipinski definition) is 0. The summed E-state index contributed by atoms with van der Waals surface area (Å²) in [5, 5.41) is 2.32. The lowest BCUT2D eigenvalue weighted by Crippen LogP contribution is -2.38. The second-order valence-electron chi connectivity index (χ2n) is 7.54. The number of aromatic nitrogens is 3. The summed E-state index contributed by atoms with van der Waals surface area (Å²) >= 11 is 1.31. The van der Waals surface area contributed by atoms with Gasteiger partial charge in [0, 0.05) is 43.0 Å². The fourth-order valence-corrected chi connectivity index (χ4v) is 5.43. The van der Waals surface area contributed by atoms with Crippen LogP contribution in [0.15, 0.2) is 46.1 Å². The molecule has 3 aromatic heterocycles. The van der Waals surface area contributed by atoms with Crippen LogP contribution in [0.4, 0.5) is 0 Å². The number of carbonyl (C=O) groups excluding carboxylic acids is 1. The molecule has 0 aliphatic rings. The van der Waals surface area contributed by atoms with E-state index in [0.29, 0.717) is 16.3 Å². The number of amides is 1.